The minimum atomic E-state index is -0.197. The highest BCUT2D eigenvalue weighted by atomic mass is 35.5. The topological polar surface area (TPSA) is 52.3 Å². The number of nitrogens with two attached hydrogens (primary N) is 1. The van der Waals surface area contributed by atoms with Crippen LogP contribution < -0.4 is 5.73 Å². The fourth-order valence-electron chi connectivity index (χ4n) is 2.51. The first kappa shape index (κ1) is 9.81. The smallest absolute Gasteiger partial charge is 0.310 e. The monoisotopic (exact) mass is 191 g/mol. The summed E-state index contributed by atoms with van der Waals surface area (Å²) in [5, 5.41) is 0. The molecule has 0 saturated heterocycles. The van der Waals surface area contributed by atoms with Crippen LogP contribution in [0.5, 0.6) is 0 Å². The molecule has 0 radical (unpaired) electrons. The Morgan fingerprint density at radius 2 is 2.17 bits per heavy atom. The van der Waals surface area contributed by atoms with Gasteiger partial charge in [0.1, 0.15) is 0 Å². The number of ether oxygens (including phenoxy) is 1. The zero-order valence-electron chi connectivity index (χ0n) is 7.08. The van der Waals surface area contributed by atoms with Crippen molar-refractivity contribution < 1.29 is 9.53 Å². The van der Waals surface area contributed by atoms with Crippen molar-refractivity contribution >= 4 is 18.4 Å². The van der Waals surface area contributed by atoms with Gasteiger partial charge in [-0.3, -0.25) is 4.79 Å². The van der Waals surface area contributed by atoms with E-state index in [9.17, 15) is 4.79 Å². The van der Waals surface area contributed by atoms with Crippen LogP contribution in [0.1, 0.15) is 19.3 Å². The molecular formula is C8H14ClNO2. The number of carbonyl (C=O) groups is 1. The number of fused-ring (bicyclic) bond motifs is 1. The zero-order chi connectivity index (χ0) is 8.06. The van der Waals surface area contributed by atoms with Gasteiger partial charge in [-0.2, -0.15) is 0 Å². The largest absolute Gasteiger partial charge is 0.469 e. The van der Waals surface area contributed by atoms with E-state index in [1.54, 1.807) is 0 Å². The summed E-state index contributed by atoms with van der Waals surface area (Å²) < 4.78 is 4.68. The third-order valence-electron chi connectivity index (χ3n) is 3.09. The first-order chi connectivity index (χ1) is 5.15. The summed E-state index contributed by atoms with van der Waals surface area (Å²) in [6.45, 7) is 0. The second-order valence-electron chi connectivity index (χ2n) is 3.82. The van der Waals surface area contributed by atoms with Crippen molar-refractivity contribution in [3.63, 3.8) is 0 Å². The van der Waals surface area contributed by atoms with Gasteiger partial charge >= 0.3 is 5.97 Å². The summed E-state index contributed by atoms with van der Waals surface area (Å²) in [5.74, 6) is 0.564. The maximum absolute atomic E-state index is 11.2. The van der Waals surface area contributed by atoms with E-state index in [1.165, 1.54) is 7.11 Å². The van der Waals surface area contributed by atoms with Crippen molar-refractivity contribution in [2.24, 2.45) is 17.6 Å². The Morgan fingerprint density at radius 3 is 2.50 bits per heavy atom. The molecule has 12 heavy (non-hydrogen) atoms. The summed E-state index contributed by atoms with van der Waals surface area (Å²) in [6.07, 6.45) is 2.99. The molecule has 3 aliphatic rings. The number of hydrogen-bond acceptors (Lipinski definition) is 3. The SMILES string of the molecule is COC(=O)C1CC2CC1(N)C2.Cl. The Labute approximate surface area is 78.1 Å². The van der Waals surface area contributed by atoms with Gasteiger partial charge in [0.15, 0.2) is 0 Å². The van der Waals surface area contributed by atoms with E-state index < -0.39 is 0 Å². The van der Waals surface area contributed by atoms with Gasteiger partial charge in [-0.15, -0.1) is 12.4 Å². The van der Waals surface area contributed by atoms with Crippen LogP contribution in [0.2, 0.25) is 0 Å². The molecule has 1 atom stereocenters. The molecule has 0 amide bonds. The average molecular weight is 192 g/mol. The van der Waals surface area contributed by atoms with Crippen LogP contribution in [0.3, 0.4) is 0 Å². The lowest BCUT2D eigenvalue weighted by molar-refractivity contribution is -0.146. The summed E-state index contributed by atoms with van der Waals surface area (Å²) in [5.41, 5.74) is 5.77. The van der Waals surface area contributed by atoms with Crippen molar-refractivity contribution in [1.29, 1.82) is 0 Å². The molecule has 1 unspecified atom stereocenters. The second kappa shape index (κ2) is 2.89. The van der Waals surface area contributed by atoms with Crippen LogP contribution in [-0.2, 0) is 9.53 Å². The van der Waals surface area contributed by atoms with E-state index >= 15 is 0 Å². The maximum Gasteiger partial charge on any atom is 0.310 e. The fraction of sp³-hybridized carbons (Fsp3) is 0.875. The first-order valence-electron chi connectivity index (χ1n) is 4.02. The Kier molecular flexibility index (Phi) is 2.36. The van der Waals surface area contributed by atoms with Gasteiger partial charge in [0.25, 0.3) is 0 Å². The Hall–Kier alpha value is -0.280. The first-order valence-corrected chi connectivity index (χ1v) is 4.02. The highest BCUT2D eigenvalue weighted by Gasteiger charge is 2.57. The molecule has 3 nitrogen and oxygen atoms in total. The van der Waals surface area contributed by atoms with Gasteiger partial charge in [0.2, 0.25) is 0 Å². The predicted molar refractivity (Wildman–Crippen MR) is 47.0 cm³/mol. The van der Waals surface area contributed by atoms with Crippen molar-refractivity contribution in [3.05, 3.63) is 0 Å². The molecule has 3 aliphatic carbocycles. The molecule has 0 aromatic heterocycles. The minimum Gasteiger partial charge on any atom is -0.469 e. The molecule has 2 bridgehead atoms. The van der Waals surface area contributed by atoms with Crippen LogP contribution in [0.15, 0.2) is 0 Å². The Balaban J connectivity index is 0.000000720. The molecule has 4 heteroatoms. The highest BCUT2D eigenvalue weighted by Crippen LogP contribution is 2.54. The Morgan fingerprint density at radius 1 is 1.58 bits per heavy atom. The number of halogens is 1. The van der Waals surface area contributed by atoms with Crippen molar-refractivity contribution in [3.8, 4) is 0 Å². The number of hydrogen-bond donors (Lipinski definition) is 1. The standard InChI is InChI=1S/C8H13NO2.ClH/c1-11-7(10)6-2-5-3-8(6,9)4-5;/h5-6H,2-4,9H2,1H3;1H. The number of rotatable bonds is 1. The lowest BCUT2D eigenvalue weighted by Crippen LogP contribution is -2.50. The van der Waals surface area contributed by atoms with Gasteiger partial charge in [0.05, 0.1) is 13.0 Å². The lowest BCUT2D eigenvalue weighted by atomic mass is 9.75. The zero-order valence-corrected chi connectivity index (χ0v) is 7.89. The van der Waals surface area contributed by atoms with E-state index in [0.29, 0.717) is 5.92 Å². The van der Waals surface area contributed by atoms with Gasteiger partial charge in [-0.25, -0.2) is 0 Å². The maximum atomic E-state index is 11.2. The molecule has 3 fully saturated rings. The summed E-state index contributed by atoms with van der Waals surface area (Å²) in [6, 6.07) is 0. The van der Waals surface area contributed by atoms with Crippen LogP contribution >= 0.6 is 12.4 Å². The van der Waals surface area contributed by atoms with Crippen molar-refractivity contribution in [2.45, 2.75) is 24.8 Å². The predicted octanol–water partition coefficient (Wildman–Crippen LogP) is 0.709. The van der Waals surface area contributed by atoms with Crippen LogP contribution in [0.25, 0.3) is 0 Å². The highest BCUT2D eigenvalue weighted by molar-refractivity contribution is 5.85. The molecule has 0 aliphatic heterocycles. The van der Waals surface area contributed by atoms with Gasteiger partial charge in [0, 0.05) is 5.54 Å². The van der Waals surface area contributed by atoms with Gasteiger partial charge in [-0.1, -0.05) is 0 Å². The fourth-order valence-corrected chi connectivity index (χ4v) is 2.51. The van der Waals surface area contributed by atoms with Crippen molar-refractivity contribution in [1.82, 2.24) is 0 Å². The van der Waals surface area contributed by atoms with Gasteiger partial charge in [-0.05, 0) is 25.2 Å². The molecule has 70 valence electrons. The summed E-state index contributed by atoms with van der Waals surface area (Å²) >= 11 is 0. The van der Waals surface area contributed by atoms with Gasteiger partial charge < -0.3 is 10.5 Å². The third kappa shape index (κ3) is 1.12. The molecular weight excluding hydrogens is 178 g/mol. The average Bonchev–Trinajstić information content (AvgIpc) is 2.38. The molecule has 2 N–H and O–H groups in total. The molecule has 0 spiro atoms. The summed E-state index contributed by atoms with van der Waals surface area (Å²) in [4.78, 5) is 11.2. The molecule has 3 rings (SSSR count). The normalized spacial score (nSPS) is 42.8. The van der Waals surface area contributed by atoms with Crippen molar-refractivity contribution in [2.75, 3.05) is 7.11 Å². The molecule has 3 saturated carbocycles. The lowest BCUT2D eigenvalue weighted by Gasteiger charge is -2.36. The molecule has 0 heterocycles. The van der Waals surface area contributed by atoms with Crippen LogP contribution in [-0.4, -0.2) is 18.6 Å². The van der Waals surface area contributed by atoms with E-state index in [2.05, 4.69) is 4.74 Å². The number of methoxy groups -OCH3 is 1. The third-order valence-corrected chi connectivity index (χ3v) is 3.09. The quantitative estimate of drug-likeness (QED) is 0.622. The van der Waals surface area contributed by atoms with E-state index in [-0.39, 0.29) is 29.8 Å². The minimum absolute atomic E-state index is 0. The second-order valence-corrected chi connectivity index (χ2v) is 3.82. The van der Waals surface area contributed by atoms with E-state index in [4.69, 9.17) is 5.73 Å². The van der Waals surface area contributed by atoms with E-state index in [0.717, 1.165) is 19.3 Å². The molecule has 0 aromatic rings. The van der Waals surface area contributed by atoms with Crippen LogP contribution in [0.4, 0.5) is 0 Å². The molecule has 0 aromatic carbocycles. The number of carbonyl (C=O) groups excluding carboxylic acids is 1. The van der Waals surface area contributed by atoms with Crippen LogP contribution in [0, 0.1) is 11.8 Å². The summed E-state index contributed by atoms with van der Waals surface area (Å²) in [7, 11) is 1.43. The Bertz CT molecular complexity index is 201. The van der Waals surface area contributed by atoms with E-state index in [1.807, 2.05) is 0 Å². The number of esters is 1.